The van der Waals surface area contributed by atoms with Gasteiger partial charge in [-0.1, -0.05) is 52.7 Å². The van der Waals surface area contributed by atoms with Crippen molar-refractivity contribution >= 4 is 22.6 Å². The Kier molecular flexibility index (Phi) is 9.09. The van der Waals surface area contributed by atoms with E-state index >= 15 is 0 Å². The second-order valence-electron chi connectivity index (χ2n) is 11.7. The van der Waals surface area contributed by atoms with Crippen LogP contribution in [-0.2, 0) is 0 Å². The Bertz CT molecular complexity index is 948. The molecule has 4 rings (SSSR count). The van der Waals surface area contributed by atoms with Crippen LogP contribution in [-0.4, -0.2) is 23.9 Å². The highest BCUT2D eigenvalue weighted by atomic mass is 16.2. The summed E-state index contributed by atoms with van der Waals surface area (Å²) in [5.74, 6) is 3.18. The maximum absolute atomic E-state index is 12.9. The van der Waals surface area contributed by atoms with E-state index in [0.29, 0.717) is 11.1 Å². The molecule has 0 radical (unpaired) electrons. The van der Waals surface area contributed by atoms with Crippen LogP contribution in [0.3, 0.4) is 0 Å². The summed E-state index contributed by atoms with van der Waals surface area (Å²) in [5, 5.41) is 8.51. The first-order chi connectivity index (χ1) is 17.4. The smallest absolute Gasteiger partial charge is 0.251 e. The molecule has 2 aromatic carbocycles. The quantitative estimate of drug-likeness (QED) is 0.402. The average Bonchev–Trinajstić information content (AvgIpc) is 2.92. The zero-order valence-electron chi connectivity index (χ0n) is 22.8. The molecule has 2 aliphatic rings. The monoisotopic (exact) mass is 490 g/mol. The number of amides is 2. The molecule has 2 unspecified atom stereocenters. The van der Waals surface area contributed by atoms with Crippen molar-refractivity contribution in [3.8, 4) is 0 Å². The van der Waals surface area contributed by atoms with Crippen molar-refractivity contribution in [2.75, 3.05) is 0 Å². The molecular weight excluding hydrogens is 444 g/mol. The Hall–Kier alpha value is -2.36. The number of hydrogen-bond donors (Lipinski definition) is 2. The van der Waals surface area contributed by atoms with Gasteiger partial charge in [0.15, 0.2) is 0 Å². The molecule has 0 spiro atoms. The standard InChI is InChI=1S/C32H46N2O2/c1-5-21(3)23-11-15-29(16-12-23)33-31(35)27-9-7-26-20-28(10-8-25(26)19-27)32(36)34-30-17-13-24(14-18-30)22(4)6-2/h7-10,19-24,29-30H,5-6,11-18H2,1-4H3,(H,33,35)(H,34,36). The molecule has 4 nitrogen and oxygen atoms in total. The van der Waals surface area contributed by atoms with Crippen molar-refractivity contribution in [1.29, 1.82) is 0 Å². The van der Waals surface area contributed by atoms with Gasteiger partial charge in [0.05, 0.1) is 0 Å². The number of benzene rings is 2. The molecule has 0 saturated heterocycles. The zero-order valence-corrected chi connectivity index (χ0v) is 22.8. The van der Waals surface area contributed by atoms with Crippen LogP contribution in [0, 0.1) is 23.7 Å². The van der Waals surface area contributed by atoms with E-state index in [1.54, 1.807) is 0 Å². The fourth-order valence-electron chi connectivity index (χ4n) is 6.40. The van der Waals surface area contributed by atoms with Crippen LogP contribution in [0.2, 0.25) is 0 Å². The predicted molar refractivity (Wildman–Crippen MR) is 149 cm³/mol. The molecule has 0 bridgehead atoms. The molecular formula is C32H46N2O2. The van der Waals surface area contributed by atoms with Crippen LogP contribution in [0.1, 0.15) is 113 Å². The average molecular weight is 491 g/mol. The fourth-order valence-corrected chi connectivity index (χ4v) is 6.40. The molecule has 2 atom stereocenters. The third kappa shape index (κ3) is 6.49. The lowest BCUT2D eigenvalue weighted by atomic mass is 9.78. The highest BCUT2D eigenvalue weighted by Gasteiger charge is 2.27. The van der Waals surface area contributed by atoms with Crippen molar-refractivity contribution in [2.45, 2.75) is 104 Å². The number of nitrogens with one attached hydrogen (secondary N) is 2. The van der Waals surface area contributed by atoms with E-state index in [-0.39, 0.29) is 23.9 Å². The van der Waals surface area contributed by atoms with E-state index in [2.05, 4.69) is 38.3 Å². The number of fused-ring (bicyclic) bond motifs is 1. The molecule has 2 fully saturated rings. The Labute approximate surface area is 218 Å². The number of carbonyl (C=O) groups excluding carboxylic acids is 2. The van der Waals surface area contributed by atoms with Gasteiger partial charge in [-0.05, 0) is 110 Å². The van der Waals surface area contributed by atoms with Gasteiger partial charge in [-0.3, -0.25) is 9.59 Å². The van der Waals surface area contributed by atoms with Crippen LogP contribution in [0.4, 0.5) is 0 Å². The topological polar surface area (TPSA) is 58.2 Å². The lowest BCUT2D eigenvalue weighted by molar-refractivity contribution is 0.0908. The zero-order chi connectivity index (χ0) is 25.7. The van der Waals surface area contributed by atoms with Crippen LogP contribution in [0.5, 0.6) is 0 Å². The van der Waals surface area contributed by atoms with Gasteiger partial charge in [-0.15, -0.1) is 0 Å². The van der Waals surface area contributed by atoms with E-state index in [0.717, 1.165) is 60.1 Å². The minimum Gasteiger partial charge on any atom is -0.349 e. The maximum atomic E-state index is 12.9. The molecule has 4 heteroatoms. The molecule has 2 amide bonds. The second kappa shape index (κ2) is 12.3. The number of rotatable bonds is 8. The maximum Gasteiger partial charge on any atom is 0.251 e. The largest absolute Gasteiger partial charge is 0.349 e. The summed E-state index contributed by atoms with van der Waals surface area (Å²) in [6.07, 6.45) is 11.6. The third-order valence-corrected chi connectivity index (χ3v) is 9.48. The lowest BCUT2D eigenvalue weighted by Crippen LogP contribution is -2.38. The Balaban J connectivity index is 1.32. The second-order valence-corrected chi connectivity index (χ2v) is 11.7. The molecule has 196 valence electrons. The van der Waals surface area contributed by atoms with Crippen molar-refractivity contribution in [3.05, 3.63) is 47.5 Å². The number of hydrogen-bond acceptors (Lipinski definition) is 2. The van der Waals surface area contributed by atoms with E-state index in [1.807, 2.05) is 36.4 Å². The molecule has 2 aliphatic carbocycles. The van der Waals surface area contributed by atoms with Gasteiger partial charge in [0.25, 0.3) is 11.8 Å². The van der Waals surface area contributed by atoms with Crippen molar-refractivity contribution < 1.29 is 9.59 Å². The first kappa shape index (κ1) is 26.7. The predicted octanol–water partition coefficient (Wildman–Crippen LogP) is 7.51. The van der Waals surface area contributed by atoms with Crippen molar-refractivity contribution in [3.63, 3.8) is 0 Å². The highest BCUT2D eigenvalue weighted by molar-refractivity contribution is 6.02. The van der Waals surface area contributed by atoms with Gasteiger partial charge in [-0.25, -0.2) is 0 Å². The minimum atomic E-state index is 0.0127. The van der Waals surface area contributed by atoms with Crippen LogP contribution in [0.15, 0.2) is 36.4 Å². The summed E-state index contributed by atoms with van der Waals surface area (Å²) in [6.45, 7) is 9.25. The van der Waals surface area contributed by atoms with Gasteiger partial charge in [0.2, 0.25) is 0 Å². The summed E-state index contributed by atoms with van der Waals surface area (Å²) in [7, 11) is 0. The molecule has 2 saturated carbocycles. The molecule has 2 N–H and O–H groups in total. The minimum absolute atomic E-state index is 0.0127. The Morgan fingerprint density at radius 3 is 1.36 bits per heavy atom. The Morgan fingerprint density at radius 2 is 1.03 bits per heavy atom. The van der Waals surface area contributed by atoms with Gasteiger partial charge in [0.1, 0.15) is 0 Å². The Morgan fingerprint density at radius 1 is 0.667 bits per heavy atom. The first-order valence-electron chi connectivity index (χ1n) is 14.5. The van der Waals surface area contributed by atoms with Crippen molar-refractivity contribution in [2.24, 2.45) is 23.7 Å². The van der Waals surface area contributed by atoms with Crippen LogP contribution < -0.4 is 10.6 Å². The van der Waals surface area contributed by atoms with Crippen molar-refractivity contribution in [1.82, 2.24) is 10.6 Å². The van der Waals surface area contributed by atoms with E-state index in [9.17, 15) is 9.59 Å². The summed E-state index contributed by atoms with van der Waals surface area (Å²) in [6, 6.07) is 12.2. The fraction of sp³-hybridized carbons (Fsp3) is 0.625. The first-order valence-corrected chi connectivity index (χ1v) is 14.5. The number of carbonyl (C=O) groups is 2. The van der Waals surface area contributed by atoms with Crippen LogP contribution >= 0.6 is 0 Å². The summed E-state index contributed by atoms with van der Waals surface area (Å²) >= 11 is 0. The lowest BCUT2D eigenvalue weighted by Gasteiger charge is -2.32. The molecule has 0 aliphatic heterocycles. The molecule has 0 aromatic heterocycles. The summed E-state index contributed by atoms with van der Waals surface area (Å²) in [5.41, 5.74) is 1.39. The van der Waals surface area contributed by atoms with E-state index in [4.69, 9.17) is 0 Å². The van der Waals surface area contributed by atoms with Gasteiger partial charge in [0, 0.05) is 23.2 Å². The highest BCUT2D eigenvalue weighted by Crippen LogP contribution is 2.33. The molecule has 0 heterocycles. The summed E-state index contributed by atoms with van der Waals surface area (Å²) in [4.78, 5) is 25.9. The van der Waals surface area contributed by atoms with Gasteiger partial charge in [-0.2, -0.15) is 0 Å². The third-order valence-electron chi connectivity index (χ3n) is 9.48. The SMILES string of the molecule is CCC(C)C1CCC(NC(=O)c2ccc3cc(C(=O)NC4CCC(C(C)CC)CC4)ccc3c2)CC1. The molecule has 36 heavy (non-hydrogen) atoms. The van der Waals surface area contributed by atoms with E-state index in [1.165, 1.54) is 38.5 Å². The normalized spacial score (nSPS) is 26.2. The summed E-state index contributed by atoms with van der Waals surface area (Å²) < 4.78 is 0. The van der Waals surface area contributed by atoms with E-state index < -0.39 is 0 Å². The molecule has 2 aromatic rings. The van der Waals surface area contributed by atoms with Gasteiger partial charge >= 0.3 is 0 Å². The van der Waals surface area contributed by atoms with Gasteiger partial charge < -0.3 is 10.6 Å². The van der Waals surface area contributed by atoms with Crippen LogP contribution in [0.25, 0.3) is 10.8 Å².